The van der Waals surface area contributed by atoms with E-state index >= 15 is 0 Å². The Hall–Kier alpha value is -4.19. The van der Waals surface area contributed by atoms with Crippen LogP contribution in [-0.2, 0) is 25.7 Å². The van der Waals surface area contributed by atoms with Crippen LogP contribution in [0.1, 0.15) is 153 Å². The summed E-state index contributed by atoms with van der Waals surface area (Å²) in [6.45, 7) is 26.9. The molecule has 0 amide bonds. The summed E-state index contributed by atoms with van der Waals surface area (Å²) >= 11 is 12.1. The molecule has 0 aromatic heterocycles. The largest absolute Gasteiger partial charge is 0.497 e. The first-order chi connectivity index (χ1) is 38.6. The van der Waals surface area contributed by atoms with Crippen molar-refractivity contribution in [2.24, 2.45) is 17.8 Å². The lowest BCUT2D eigenvalue weighted by Gasteiger charge is -2.43. The minimum absolute atomic E-state index is 0.0728. The lowest BCUT2D eigenvalue weighted by atomic mass is 9.76. The number of piperidine rings is 2. The molecule has 0 spiro atoms. The highest BCUT2D eigenvalue weighted by molar-refractivity contribution is 6.30. The van der Waals surface area contributed by atoms with Crippen molar-refractivity contribution in [1.82, 2.24) is 14.7 Å². The SMILES string of the molecule is CC(C)(CC(c1ccccc1)N1CCOCC1)c1ccc(Cl)cc1.CC(C)=CC(CC(C)(C)c1ccc(Cl)cc1)N1CCC(C(F)(F)F)CC1.COc1ccc(C(C)(C)CC(c2ccccc2)N2CCC(C3CCOCC3)CC2)cc1. The summed E-state index contributed by atoms with van der Waals surface area (Å²) in [4.78, 5) is 7.54. The van der Waals surface area contributed by atoms with E-state index in [0.717, 1.165) is 81.4 Å². The van der Waals surface area contributed by atoms with E-state index in [9.17, 15) is 13.2 Å². The molecule has 4 aliphatic rings. The van der Waals surface area contributed by atoms with Crippen molar-refractivity contribution in [3.8, 4) is 5.75 Å². The summed E-state index contributed by atoms with van der Waals surface area (Å²) in [6, 6.07) is 47.8. The number of ether oxygens (including phenoxy) is 3. The van der Waals surface area contributed by atoms with Crippen molar-refractivity contribution >= 4 is 23.2 Å². The normalized spacial score (nSPS) is 19.0. The van der Waals surface area contributed by atoms with Crippen LogP contribution in [0.15, 0.2) is 145 Å². The van der Waals surface area contributed by atoms with Crippen LogP contribution >= 0.6 is 23.2 Å². The van der Waals surface area contributed by atoms with Crippen LogP contribution in [0.2, 0.25) is 10.0 Å². The quantitative estimate of drug-likeness (QED) is 0.0864. The number of allylic oxidation sites excluding steroid dienone is 1. The summed E-state index contributed by atoms with van der Waals surface area (Å²) in [7, 11) is 1.73. The summed E-state index contributed by atoms with van der Waals surface area (Å²) in [5.41, 5.74) is 8.01. The molecule has 6 nitrogen and oxygen atoms in total. The molecule has 0 saturated carbocycles. The zero-order valence-corrected chi connectivity index (χ0v) is 51.6. The molecular weight excluding hydrogens is 1060 g/mol. The second-order valence-corrected chi connectivity index (χ2v) is 26.4. The Balaban J connectivity index is 0.000000177. The van der Waals surface area contributed by atoms with Gasteiger partial charge in [-0.25, -0.2) is 0 Å². The molecule has 0 N–H and O–H groups in total. The number of benzene rings is 5. The van der Waals surface area contributed by atoms with Gasteiger partial charge in [-0.2, -0.15) is 13.2 Å². The molecule has 0 radical (unpaired) electrons. The average molecular weight is 1150 g/mol. The van der Waals surface area contributed by atoms with E-state index in [4.69, 9.17) is 37.4 Å². The minimum Gasteiger partial charge on any atom is -0.497 e. The molecule has 11 heteroatoms. The van der Waals surface area contributed by atoms with Gasteiger partial charge in [-0.15, -0.1) is 0 Å². The Morgan fingerprint density at radius 2 is 0.889 bits per heavy atom. The van der Waals surface area contributed by atoms with Crippen molar-refractivity contribution < 1.29 is 27.4 Å². The smallest absolute Gasteiger partial charge is 0.391 e. The van der Waals surface area contributed by atoms with Crippen LogP contribution in [0, 0.1) is 17.8 Å². The zero-order valence-electron chi connectivity index (χ0n) is 50.1. The van der Waals surface area contributed by atoms with Crippen LogP contribution in [0.5, 0.6) is 5.75 Å². The number of nitrogens with zero attached hydrogens (tertiary/aromatic N) is 3. The van der Waals surface area contributed by atoms with E-state index in [2.05, 4.69) is 159 Å². The molecule has 3 unspecified atom stereocenters. The fourth-order valence-electron chi connectivity index (χ4n) is 13.0. The highest BCUT2D eigenvalue weighted by Crippen LogP contribution is 2.43. The third-order valence-corrected chi connectivity index (χ3v) is 18.5. The molecule has 4 aliphatic heterocycles. The third-order valence-electron chi connectivity index (χ3n) is 18.0. The second kappa shape index (κ2) is 30.1. The standard InChI is InChI=1S/C28H39NO2.C21H29ClF3N.C21H26ClNO/c1-28(2,25-9-11-26(30-3)12-10-25)21-27(24-7-5-4-6-8-24)29-17-13-22(14-18-29)23-15-19-31-20-16-23;1-15(2)13-19(26-11-9-17(10-12-26)21(23,24)25)14-20(3,4)16-5-7-18(22)8-6-16;1-21(2,18-8-10-19(22)11-9-18)16-20(17-6-4-3-5-7-17)23-12-14-24-15-13-23/h4-12,22-23,27H,13-21H2,1-3H3;5-8,13,17,19H,9-12,14H2,1-4H3;3-11,20H,12-16H2,1-2H3. The van der Waals surface area contributed by atoms with Crippen molar-refractivity contribution in [3.05, 3.63) is 183 Å². The fraction of sp³-hybridized carbons (Fsp3) is 0.543. The lowest BCUT2D eigenvalue weighted by molar-refractivity contribution is -0.185. The van der Waals surface area contributed by atoms with Gasteiger partial charge in [0.05, 0.1) is 26.2 Å². The highest BCUT2D eigenvalue weighted by atomic mass is 35.5. The van der Waals surface area contributed by atoms with Gasteiger partial charge < -0.3 is 14.2 Å². The zero-order chi connectivity index (χ0) is 58.2. The molecule has 0 aliphatic carbocycles. The van der Waals surface area contributed by atoms with Crippen LogP contribution in [0.4, 0.5) is 13.2 Å². The summed E-state index contributed by atoms with van der Waals surface area (Å²) in [5.74, 6) is 1.53. The summed E-state index contributed by atoms with van der Waals surface area (Å²) in [5, 5.41) is 1.50. The van der Waals surface area contributed by atoms with Gasteiger partial charge in [0.25, 0.3) is 0 Å². The first-order valence-electron chi connectivity index (χ1n) is 30.0. The van der Waals surface area contributed by atoms with Crippen molar-refractivity contribution in [2.75, 3.05) is 72.8 Å². The van der Waals surface area contributed by atoms with E-state index in [1.807, 2.05) is 50.2 Å². The maximum atomic E-state index is 13.0. The number of morpholine rings is 1. The van der Waals surface area contributed by atoms with E-state index in [1.165, 1.54) is 72.2 Å². The van der Waals surface area contributed by atoms with Crippen molar-refractivity contribution in [2.45, 2.75) is 154 Å². The van der Waals surface area contributed by atoms with Crippen LogP contribution in [0.3, 0.4) is 0 Å². The average Bonchev–Trinajstić information content (AvgIpc) is 3.49. The van der Waals surface area contributed by atoms with Gasteiger partial charge in [0.2, 0.25) is 0 Å². The maximum Gasteiger partial charge on any atom is 0.391 e. The Morgan fingerprint density at radius 1 is 0.506 bits per heavy atom. The number of alkyl halides is 3. The van der Waals surface area contributed by atoms with Crippen LogP contribution < -0.4 is 4.74 Å². The number of hydrogen-bond donors (Lipinski definition) is 0. The third kappa shape index (κ3) is 19.2. The van der Waals surface area contributed by atoms with E-state index in [0.29, 0.717) is 30.2 Å². The molecule has 5 aromatic carbocycles. The maximum absolute atomic E-state index is 13.0. The molecule has 5 aromatic rings. The first kappa shape index (κ1) is 64.4. The lowest BCUT2D eigenvalue weighted by Crippen LogP contribution is -2.45. The van der Waals surface area contributed by atoms with E-state index in [1.54, 1.807) is 7.11 Å². The predicted octanol–water partition coefficient (Wildman–Crippen LogP) is 17.9. The highest BCUT2D eigenvalue weighted by Gasteiger charge is 2.42. The Labute approximate surface area is 495 Å². The number of halogens is 5. The van der Waals surface area contributed by atoms with Gasteiger partial charge in [-0.3, -0.25) is 14.7 Å². The molecule has 81 heavy (non-hydrogen) atoms. The van der Waals surface area contributed by atoms with E-state index < -0.39 is 12.1 Å². The van der Waals surface area contributed by atoms with Crippen LogP contribution in [0.25, 0.3) is 0 Å². The van der Waals surface area contributed by atoms with Gasteiger partial charge >= 0.3 is 6.18 Å². The molecule has 4 heterocycles. The Morgan fingerprint density at radius 3 is 1.31 bits per heavy atom. The van der Waals surface area contributed by atoms with Gasteiger partial charge in [0, 0.05) is 54.5 Å². The minimum atomic E-state index is -4.07. The molecule has 0 bridgehead atoms. The van der Waals surface area contributed by atoms with Crippen molar-refractivity contribution in [1.29, 1.82) is 0 Å². The molecule has 3 atom stereocenters. The molecule has 4 saturated heterocycles. The van der Waals surface area contributed by atoms with Crippen LogP contribution in [-0.4, -0.2) is 99.7 Å². The Kier molecular flexibility index (Phi) is 23.9. The molecule has 9 rings (SSSR count). The Bertz CT molecular complexity index is 2620. The topological polar surface area (TPSA) is 37.4 Å². The predicted molar refractivity (Wildman–Crippen MR) is 331 cm³/mol. The molecular formula is C70H94Cl2F3N3O3. The number of likely N-dealkylation sites (tertiary alicyclic amines) is 2. The van der Waals surface area contributed by atoms with Crippen molar-refractivity contribution in [3.63, 3.8) is 0 Å². The van der Waals surface area contributed by atoms with Gasteiger partial charge in [0.1, 0.15) is 5.75 Å². The first-order valence-corrected chi connectivity index (χ1v) is 30.7. The summed E-state index contributed by atoms with van der Waals surface area (Å²) in [6.07, 6.45) is 6.74. The van der Waals surface area contributed by atoms with Gasteiger partial charge in [-0.05, 0) is 190 Å². The van der Waals surface area contributed by atoms with E-state index in [-0.39, 0.29) is 35.1 Å². The molecule has 4 fully saturated rings. The number of rotatable bonds is 17. The molecule has 442 valence electrons. The second-order valence-electron chi connectivity index (χ2n) is 25.5. The fourth-order valence-corrected chi connectivity index (χ4v) is 13.2. The number of hydrogen-bond acceptors (Lipinski definition) is 6. The van der Waals surface area contributed by atoms with Gasteiger partial charge in [-0.1, -0.05) is 173 Å². The van der Waals surface area contributed by atoms with Gasteiger partial charge in [0.15, 0.2) is 0 Å². The monoisotopic (exact) mass is 1150 g/mol. The summed E-state index contributed by atoms with van der Waals surface area (Å²) < 4.78 is 55.4. The number of methoxy groups -OCH3 is 1.